The molecule has 0 radical (unpaired) electrons. The Labute approximate surface area is 221 Å². The van der Waals surface area contributed by atoms with E-state index in [0.29, 0.717) is 50.5 Å². The second kappa shape index (κ2) is 8.87. The van der Waals surface area contributed by atoms with Gasteiger partial charge in [-0.15, -0.1) is 0 Å². The molecular weight excluding hydrogens is 468 g/mol. The zero-order chi connectivity index (χ0) is 27.8. The topological polar surface area (TPSA) is 101 Å². The molecule has 4 aliphatic carbocycles. The second-order valence-electron chi connectivity index (χ2n) is 13.8. The Kier molecular flexibility index (Phi) is 6.77. The highest BCUT2D eigenvalue weighted by molar-refractivity contribution is 6.01. The first kappa shape index (κ1) is 28.2. The zero-order valence-corrected chi connectivity index (χ0v) is 24.0. The summed E-state index contributed by atoms with van der Waals surface area (Å²) in [6.45, 7) is 14.3. The van der Waals surface area contributed by atoms with Gasteiger partial charge in [-0.3, -0.25) is 9.59 Å². The summed E-state index contributed by atoms with van der Waals surface area (Å²) >= 11 is 0. The van der Waals surface area contributed by atoms with Gasteiger partial charge in [0.2, 0.25) is 0 Å². The number of hydrogen-bond acceptors (Lipinski definition) is 6. The van der Waals surface area contributed by atoms with Crippen molar-refractivity contribution in [1.29, 1.82) is 0 Å². The summed E-state index contributed by atoms with van der Waals surface area (Å²) in [7, 11) is 1.32. The Morgan fingerprint density at radius 2 is 1.76 bits per heavy atom. The Morgan fingerprint density at radius 1 is 1.11 bits per heavy atom. The SMILES string of the molecule is COC(=O)/C(C)=C/[C@H](O)C[C@@H](C)[C@]1(C)CC(=O)C2=C3CC[C@@H]4C(C)(C)C(=O)CC[C@]4(C)[C@@]3(O)CC[C@]21C. The Hall–Kier alpha value is -1.79. The summed E-state index contributed by atoms with van der Waals surface area (Å²) in [5.41, 5.74) is -0.680. The van der Waals surface area contributed by atoms with Crippen molar-refractivity contribution in [2.45, 2.75) is 112 Å². The van der Waals surface area contributed by atoms with Crippen LogP contribution in [0.15, 0.2) is 22.8 Å². The van der Waals surface area contributed by atoms with E-state index in [0.717, 1.165) is 17.6 Å². The molecule has 3 saturated carbocycles. The molecule has 0 unspecified atom stereocenters. The van der Waals surface area contributed by atoms with Gasteiger partial charge in [-0.2, -0.15) is 0 Å². The molecule has 0 heterocycles. The second-order valence-corrected chi connectivity index (χ2v) is 13.8. The molecule has 0 amide bonds. The summed E-state index contributed by atoms with van der Waals surface area (Å²) in [6.07, 6.45) is 5.40. The van der Waals surface area contributed by atoms with E-state index in [-0.39, 0.29) is 28.8 Å². The van der Waals surface area contributed by atoms with Gasteiger partial charge in [0.15, 0.2) is 5.78 Å². The normalized spacial score (nSPS) is 41.0. The minimum atomic E-state index is -1.08. The highest BCUT2D eigenvalue weighted by Crippen LogP contribution is 2.71. The number of hydrogen-bond donors (Lipinski definition) is 2. The number of methoxy groups -OCH3 is 1. The van der Waals surface area contributed by atoms with Crippen LogP contribution in [0.25, 0.3) is 0 Å². The first-order valence-electron chi connectivity index (χ1n) is 14.0. The zero-order valence-electron chi connectivity index (χ0n) is 24.0. The fourth-order valence-electron chi connectivity index (χ4n) is 9.12. The predicted octanol–water partition coefficient (Wildman–Crippen LogP) is 5.11. The number of fused-ring (bicyclic) bond motifs is 4. The third-order valence-corrected chi connectivity index (χ3v) is 11.9. The maximum Gasteiger partial charge on any atom is 0.333 e. The van der Waals surface area contributed by atoms with E-state index in [9.17, 15) is 24.6 Å². The van der Waals surface area contributed by atoms with Gasteiger partial charge in [-0.05, 0) is 74.3 Å². The fraction of sp³-hybridized carbons (Fsp3) is 0.774. The van der Waals surface area contributed by atoms with Crippen LogP contribution in [0.2, 0.25) is 0 Å². The molecule has 0 aromatic carbocycles. The van der Waals surface area contributed by atoms with Gasteiger partial charge in [0.05, 0.1) is 18.8 Å². The predicted molar refractivity (Wildman–Crippen MR) is 141 cm³/mol. The number of aliphatic hydroxyl groups excluding tert-OH is 1. The molecule has 6 heteroatoms. The first-order valence-corrected chi connectivity index (χ1v) is 14.0. The van der Waals surface area contributed by atoms with Crippen molar-refractivity contribution in [2.75, 3.05) is 7.11 Å². The van der Waals surface area contributed by atoms with Crippen molar-refractivity contribution < 1.29 is 29.3 Å². The van der Waals surface area contributed by atoms with Crippen LogP contribution in [0.4, 0.5) is 0 Å². The number of rotatable bonds is 5. The molecule has 3 fully saturated rings. The molecule has 0 aliphatic heterocycles. The standard InChI is InChI=1S/C31H46O6/c1-18(26(35)37-8)15-20(32)16-19(2)30(7)17-22(33)25-21-9-10-23-27(3,4)24(34)11-12-28(23,5)31(21,36)14-13-29(25,30)6/h15,19-20,23,32,36H,9-14,16-17H2,1-8H3/b18-15+/t19-,20+,23-,28+,29-,30+,31-/m1/s1. The minimum Gasteiger partial charge on any atom is -0.466 e. The summed E-state index contributed by atoms with van der Waals surface area (Å²) in [5.74, 6) is 0.0243. The highest BCUT2D eigenvalue weighted by Gasteiger charge is 2.69. The van der Waals surface area contributed by atoms with Crippen LogP contribution in [-0.4, -0.2) is 46.6 Å². The fourth-order valence-corrected chi connectivity index (χ4v) is 9.12. The number of ketones is 2. The number of esters is 1. The molecule has 2 N–H and O–H groups in total. The van der Waals surface area contributed by atoms with E-state index in [1.54, 1.807) is 6.92 Å². The van der Waals surface area contributed by atoms with Crippen LogP contribution < -0.4 is 0 Å². The Morgan fingerprint density at radius 3 is 2.38 bits per heavy atom. The molecule has 4 rings (SSSR count). The number of aliphatic hydroxyl groups is 2. The summed E-state index contributed by atoms with van der Waals surface area (Å²) in [4.78, 5) is 38.4. The molecule has 7 atom stereocenters. The van der Waals surface area contributed by atoms with Crippen molar-refractivity contribution in [2.24, 2.45) is 33.5 Å². The van der Waals surface area contributed by atoms with E-state index >= 15 is 0 Å². The van der Waals surface area contributed by atoms with Crippen molar-refractivity contribution in [3.05, 3.63) is 22.8 Å². The number of Topliss-reactive ketones (excluding diaryl/α,β-unsaturated/α-hetero) is 2. The van der Waals surface area contributed by atoms with Gasteiger partial charge >= 0.3 is 5.97 Å². The molecule has 0 aromatic heterocycles. The van der Waals surface area contributed by atoms with E-state index in [1.165, 1.54) is 13.2 Å². The van der Waals surface area contributed by atoms with Gasteiger partial charge in [-0.1, -0.05) is 41.5 Å². The lowest BCUT2D eigenvalue weighted by Gasteiger charge is -2.64. The lowest BCUT2D eigenvalue weighted by Crippen LogP contribution is -2.64. The van der Waals surface area contributed by atoms with Crippen LogP contribution in [0.1, 0.15) is 99.8 Å². The number of carbonyl (C=O) groups is 3. The average Bonchev–Trinajstić information content (AvgIpc) is 3.02. The summed E-state index contributed by atoms with van der Waals surface area (Å²) in [5, 5.41) is 23.2. The van der Waals surface area contributed by atoms with E-state index in [1.807, 2.05) is 13.8 Å². The van der Waals surface area contributed by atoms with Crippen molar-refractivity contribution in [3.63, 3.8) is 0 Å². The van der Waals surface area contributed by atoms with Crippen molar-refractivity contribution in [1.82, 2.24) is 0 Å². The van der Waals surface area contributed by atoms with Crippen LogP contribution in [0.5, 0.6) is 0 Å². The number of carbonyl (C=O) groups excluding carboxylic acids is 3. The lowest BCUT2D eigenvalue weighted by molar-refractivity contribution is -0.177. The van der Waals surface area contributed by atoms with Crippen LogP contribution >= 0.6 is 0 Å². The molecule has 0 bridgehead atoms. The highest BCUT2D eigenvalue weighted by atomic mass is 16.5. The average molecular weight is 515 g/mol. The van der Waals surface area contributed by atoms with Gasteiger partial charge in [-0.25, -0.2) is 4.79 Å². The maximum absolute atomic E-state index is 13.8. The minimum absolute atomic E-state index is 0.000556. The van der Waals surface area contributed by atoms with Gasteiger partial charge in [0.1, 0.15) is 5.78 Å². The first-order chi connectivity index (χ1) is 17.0. The van der Waals surface area contributed by atoms with Gasteiger partial charge in [0.25, 0.3) is 0 Å². The molecule has 6 nitrogen and oxygen atoms in total. The molecular formula is C31H46O6. The molecule has 206 valence electrons. The van der Waals surface area contributed by atoms with Crippen molar-refractivity contribution in [3.8, 4) is 0 Å². The molecule has 0 spiro atoms. The third kappa shape index (κ3) is 3.76. The van der Waals surface area contributed by atoms with E-state index in [4.69, 9.17) is 4.74 Å². The van der Waals surface area contributed by atoms with Crippen LogP contribution in [0, 0.1) is 33.5 Å². The number of allylic oxidation sites excluding steroid dienone is 1. The molecule has 0 aromatic rings. The van der Waals surface area contributed by atoms with E-state index in [2.05, 4.69) is 27.7 Å². The van der Waals surface area contributed by atoms with Crippen LogP contribution in [-0.2, 0) is 19.1 Å². The monoisotopic (exact) mass is 514 g/mol. The van der Waals surface area contributed by atoms with Gasteiger partial charge < -0.3 is 14.9 Å². The smallest absolute Gasteiger partial charge is 0.333 e. The third-order valence-electron chi connectivity index (χ3n) is 11.9. The largest absolute Gasteiger partial charge is 0.466 e. The summed E-state index contributed by atoms with van der Waals surface area (Å²) < 4.78 is 4.75. The summed E-state index contributed by atoms with van der Waals surface area (Å²) in [6, 6.07) is 0. The maximum atomic E-state index is 13.8. The molecule has 0 saturated heterocycles. The van der Waals surface area contributed by atoms with E-state index < -0.39 is 33.9 Å². The Bertz CT molecular complexity index is 1080. The molecule has 37 heavy (non-hydrogen) atoms. The lowest BCUT2D eigenvalue weighted by atomic mass is 9.41. The molecule has 4 aliphatic rings. The quantitative estimate of drug-likeness (QED) is 0.391. The Balaban J connectivity index is 1.71. The van der Waals surface area contributed by atoms with Crippen molar-refractivity contribution >= 4 is 17.5 Å². The number of ether oxygens (including phenoxy) is 1. The van der Waals surface area contributed by atoms with Gasteiger partial charge in [0, 0.05) is 40.2 Å². The van der Waals surface area contributed by atoms with Crippen LogP contribution in [0.3, 0.4) is 0 Å².